The van der Waals surface area contributed by atoms with Crippen molar-refractivity contribution < 1.29 is 9.53 Å². The molecule has 0 bridgehead atoms. The monoisotopic (exact) mass is 338 g/mol. The molecule has 0 unspecified atom stereocenters. The van der Waals surface area contributed by atoms with Crippen molar-refractivity contribution in [1.82, 2.24) is 0 Å². The van der Waals surface area contributed by atoms with Crippen molar-refractivity contribution in [3.63, 3.8) is 0 Å². The summed E-state index contributed by atoms with van der Waals surface area (Å²) in [5, 5.41) is 0. The van der Waals surface area contributed by atoms with Crippen molar-refractivity contribution in [3.8, 4) is 0 Å². The quantitative estimate of drug-likeness (QED) is 0.525. The van der Waals surface area contributed by atoms with Gasteiger partial charge in [0.2, 0.25) is 0 Å². The lowest BCUT2D eigenvalue weighted by atomic mass is 9.98. The van der Waals surface area contributed by atoms with E-state index in [1.165, 1.54) is 5.56 Å². The molecule has 0 N–H and O–H groups in total. The van der Waals surface area contributed by atoms with Gasteiger partial charge in [-0.3, -0.25) is 0 Å². The number of esters is 1. The molecule has 0 spiro atoms. The number of hydrogen-bond donors (Lipinski definition) is 0. The summed E-state index contributed by atoms with van der Waals surface area (Å²) >= 11 is 0. The second-order valence-electron chi connectivity index (χ2n) is 7.25. The van der Waals surface area contributed by atoms with Gasteiger partial charge in [0, 0.05) is 0 Å². The second-order valence-corrected chi connectivity index (χ2v) is 7.25. The molecule has 0 saturated carbocycles. The molecule has 2 aromatic carbocycles. The Balaban J connectivity index is 1.92. The molecule has 0 amide bonds. The van der Waals surface area contributed by atoms with Crippen LogP contribution in [0.2, 0.25) is 0 Å². The average molecular weight is 338 g/mol. The minimum absolute atomic E-state index is 0.198. The van der Waals surface area contributed by atoms with Gasteiger partial charge >= 0.3 is 5.97 Å². The molecule has 0 aliphatic rings. The first kappa shape index (κ1) is 19.2. The fraction of sp³-hybridized carbons (Fsp3) is 0.435. The number of ether oxygens (including phenoxy) is 1. The summed E-state index contributed by atoms with van der Waals surface area (Å²) in [7, 11) is 0. The summed E-state index contributed by atoms with van der Waals surface area (Å²) in [5.41, 5.74) is 2.68. The van der Waals surface area contributed by atoms with E-state index in [4.69, 9.17) is 4.74 Å². The molecule has 0 aromatic heterocycles. The van der Waals surface area contributed by atoms with Gasteiger partial charge < -0.3 is 4.74 Å². The molecule has 25 heavy (non-hydrogen) atoms. The van der Waals surface area contributed by atoms with E-state index in [-0.39, 0.29) is 5.97 Å². The number of aryl methyl sites for hydroxylation is 2. The Kier molecular flexibility index (Phi) is 7.24. The Labute approximate surface area is 152 Å². The number of hydrogen-bond acceptors (Lipinski definition) is 2. The largest absolute Gasteiger partial charge is 0.456 e. The highest BCUT2D eigenvalue weighted by atomic mass is 16.6. The van der Waals surface area contributed by atoms with Crippen LogP contribution in [0.25, 0.3) is 0 Å². The van der Waals surface area contributed by atoms with E-state index >= 15 is 0 Å². The van der Waals surface area contributed by atoms with E-state index < -0.39 is 5.60 Å². The molecular formula is C23H30O2. The molecule has 0 aliphatic heterocycles. The predicted molar refractivity (Wildman–Crippen MR) is 104 cm³/mol. The summed E-state index contributed by atoms with van der Waals surface area (Å²) in [6, 6.07) is 18.3. The van der Waals surface area contributed by atoms with E-state index in [1.54, 1.807) is 0 Å². The fourth-order valence-electron chi connectivity index (χ4n) is 3.02. The maximum Gasteiger partial charge on any atom is 0.338 e. The lowest BCUT2D eigenvalue weighted by molar-refractivity contribution is -0.00531. The highest BCUT2D eigenvalue weighted by molar-refractivity contribution is 5.91. The van der Waals surface area contributed by atoms with Crippen molar-refractivity contribution in [1.29, 1.82) is 0 Å². The van der Waals surface area contributed by atoms with Gasteiger partial charge in [-0.2, -0.15) is 0 Å². The zero-order chi connectivity index (χ0) is 18.1. The Hall–Kier alpha value is -2.09. The molecule has 0 atom stereocenters. The zero-order valence-electron chi connectivity index (χ0n) is 15.8. The van der Waals surface area contributed by atoms with Crippen LogP contribution in [0.4, 0.5) is 0 Å². The highest BCUT2D eigenvalue weighted by Gasteiger charge is 2.24. The maximum absolute atomic E-state index is 12.7. The van der Waals surface area contributed by atoms with Gasteiger partial charge in [-0.25, -0.2) is 4.79 Å². The molecule has 0 saturated heterocycles. The first-order valence-corrected chi connectivity index (χ1v) is 9.37. The molecule has 2 rings (SSSR count). The average Bonchev–Trinajstić information content (AvgIpc) is 2.60. The van der Waals surface area contributed by atoms with Crippen molar-refractivity contribution in [2.45, 2.75) is 64.9 Å². The maximum atomic E-state index is 12.7. The number of unbranched alkanes of at least 4 members (excludes halogenated alkanes) is 1. The Morgan fingerprint density at radius 2 is 1.60 bits per heavy atom. The first-order chi connectivity index (χ1) is 12.0. The number of carbonyl (C=O) groups excluding carboxylic acids is 1. The SMILES string of the molecule is CCCCc1ccccc1C(=O)OC(C)(C)CCCc1ccccc1. The summed E-state index contributed by atoms with van der Waals surface area (Å²) in [6.45, 7) is 6.17. The van der Waals surface area contributed by atoms with Crippen molar-refractivity contribution in [2.75, 3.05) is 0 Å². The minimum Gasteiger partial charge on any atom is -0.456 e. The van der Waals surface area contributed by atoms with Gasteiger partial charge in [0.25, 0.3) is 0 Å². The van der Waals surface area contributed by atoms with Crippen molar-refractivity contribution in [2.24, 2.45) is 0 Å². The molecular weight excluding hydrogens is 308 g/mol. The van der Waals surface area contributed by atoms with Gasteiger partial charge in [-0.05, 0) is 63.1 Å². The molecule has 0 heterocycles. The minimum atomic E-state index is -0.455. The highest BCUT2D eigenvalue weighted by Crippen LogP contribution is 2.22. The zero-order valence-corrected chi connectivity index (χ0v) is 15.8. The van der Waals surface area contributed by atoms with Crippen LogP contribution in [-0.4, -0.2) is 11.6 Å². The number of benzene rings is 2. The fourth-order valence-corrected chi connectivity index (χ4v) is 3.02. The molecule has 2 aromatic rings. The molecule has 0 fully saturated rings. The van der Waals surface area contributed by atoms with Crippen LogP contribution in [0, 0.1) is 0 Å². The lowest BCUT2D eigenvalue weighted by Gasteiger charge is -2.26. The van der Waals surface area contributed by atoms with Crippen LogP contribution in [-0.2, 0) is 17.6 Å². The van der Waals surface area contributed by atoms with Crippen LogP contribution in [0.3, 0.4) is 0 Å². The van der Waals surface area contributed by atoms with Crippen molar-refractivity contribution >= 4 is 5.97 Å². The van der Waals surface area contributed by atoms with E-state index in [9.17, 15) is 4.79 Å². The second kappa shape index (κ2) is 9.41. The summed E-state index contributed by atoms with van der Waals surface area (Å²) in [6.07, 6.45) is 6.00. The Morgan fingerprint density at radius 3 is 2.32 bits per heavy atom. The summed E-state index contributed by atoms with van der Waals surface area (Å²) in [5.74, 6) is -0.198. The normalized spacial score (nSPS) is 11.3. The third-order valence-electron chi connectivity index (χ3n) is 4.49. The van der Waals surface area contributed by atoms with E-state index in [0.717, 1.165) is 44.1 Å². The van der Waals surface area contributed by atoms with Gasteiger partial charge in [-0.15, -0.1) is 0 Å². The Morgan fingerprint density at radius 1 is 0.920 bits per heavy atom. The summed E-state index contributed by atoms with van der Waals surface area (Å²) in [4.78, 5) is 12.7. The molecule has 134 valence electrons. The number of rotatable bonds is 9. The van der Waals surface area contributed by atoms with Crippen LogP contribution >= 0.6 is 0 Å². The first-order valence-electron chi connectivity index (χ1n) is 9.37. The van der Waals surface area contributed by atoms with Crippen LogP contribution in [0.15, 0.2) is 54.6 Å². The topological polar surface area (TPSA) is 26.3 Å². The molecule has 2 heteroatoms. The Bertz CT molecular complexity index is 659. The third kappa shape index (κ3) is 6.38. The van der Waals surface area contributed by atoms with Gasteiger partial charge in [-0.1, -0.05) is 61.9 Å². The van der Waals surface area contributed by atoms with Gasteiger partial charge in [0.1, 0.15) is 5.60 Å². The number of carbonyl (C=O) groups is 1. The third-order valence-corrected chi connectivity index (χ3v) is 4.49. The van der Waals surface area contributed by atoms with E-state index in [0.29, 0.717) is 5.56 Å². The van der Waals surface area contributed by atoms with Crippen molar-refractivity contribution in [3.05, 3.63) is 71.3 Å². The van der Waals surface area contributed by atoms with Gasteiger partial charge in [0.05, 0.1) is 5.56 Å². The van der Waals surface area contributed by atoms with E-state index in [1.807, 2.05) is 44.2 Å². The lowest BCUT2D eigenvalue weighted by Crippen LogP contribution is -2.28. The molecule has 0 aliphatic carbocycles. The predicted octanol–water partition coefficient (Wildman–Crippen LogP) is 5.99. The molecule has 2 nitrogen and oxygen atoms in total. The smallest absolute Gasteiger partial charge is 0.338 e. The molecule has 0 radical (unpaired) electrons. The van der Waals surface area contributed by atoms with E-state index in [2.05, 4.69) is 31.2 Å². The van der Waals surface area contributed by atoms with Gasteiger partial charge in [0.15, 0.2) is 0 Å². The van der Waals surface area contributed by atoms with Crippen LogP contribution < -0.4 is 0 Å². The van der Waals surface area contributed by atoms with Crippen LogP contribution in [0.5, 0.6) is 0 Å². The van der Waals surface area contributed by atoms with Crippen LogP contribution in [0.1, 0.15) is 67.9 Å². The standard InChI is InChI=1S/C23H30O2/c1-4-5-15-20-16-9-10-17-21(20)22(24)25-23(2,3)18-11-14-19-12-7-6-8-13-19/h6-10,12-13,16-17H,4-5,11,14-15,18H2,1-3H3. The summed E-state index contributed by atoms with van der Waals surface area (Å²) < 4.78 is 5.84.